The minimum absolute atomic E-state index is 0.533. The fourth-order valence-electron chi connectivity index (χ4n) is 1.51. The summed E-state index contributed by atoms with van der Waals surface area (Å²) >= 11 is 0. The van der Waals surface area contributed by atoms with Crippen molar-refractivity contribution in [3.63, 3.8) is 0 Å². The summed E-state index contributed by atoms with van der Waals surface area (Å²) in [4.78, 5) is 8.16. The number of nitrogens with zero attached hydrogens (tertiary/aromatic N) is 5. The third kappa shape index (κ3) is 5.53. The van der Waals surface area contributed by atoms with E-state index in [1.165, 1.54) is 0 Å². The Kier molecular flexibility index (Phi) is 6.29. The molecule has 8 heteroatoms. The van der Waals surface area contributed by atoms with Gasteiger partial charge in [-0.1, -0.05) is 24.3 Å². The van der Waals surface area contributed by atoms with E-state index in [4.69, 9.17) is 0 Å². The normalized spacial score (nSPS) is 11.4. The molecule has 2 rings (SSSR count). The van der Waals surface area contributed by atoms with Gasteiger partial charge in [-0.3, -0.25) is 5.43 Å². The second kappa shape index (κ2) is 9.01. The highest BCUT2D eigenvalue weighted by molar-refractivity contribution is 5.81. The van der Waals surface area contributed by atoms with E-state index in [0.29, 0.717) is 17.5 Å². The number of pyridine rings is 2. The number of hydrazone groups is 1. The highest BCUT2D eigenvalue weighted by Gasteiger charge is 1.96. The topological polar surface area (TPSA) is 99.0 Å². The van der Waals surface area contributed by atoms with E-state index in [9.17, 15) is 0 Å². The molecule has 0 saturated carbocycles. The van der Waals surface area contributed by atoms with Crippen LogP contribution in [0, 0.1) is 0 Å². The van der Waals surface area contributed by atoms with Crippen molar-refractivity contribution in [3.8, 4) is 0 Å². The van der Waals surface area contributed by atoms with Crippen molar-refractivity contribution in [1.29, 1.82) is 0 Å². The van der Waals surface area contributed by atoms with Crippen molar-refractivity contribution < 1.29 is 0 Å². The van der Waals surface area contributed by atoms with Gasteiger partial charge in [0, 0.05) is 18.8 Å². The van der Waals surface area contributed by atoms with Crippen LogP contribution in [0.25, 0.3) is 0 Å². The molecule has 0 radical (unpaired) electrons. The Labute approximate surface area is 128 Å². The van der Waals surface area contributed by atoms with Crippen LogP contribution in [0.4, 0.5) is 11.6 Å². The van der Waals surface area contributed by atoms with Crippen LogP contribution in [0.1, 0.15) is 19.8 Å². The quantitative estimate of drug-likeness (QED) is 0.316. The average Bonchev–Trinajstić information content (AvgIpc) is 2.57. The minimum atomic E-state index is 0.533. The van der Waals surface area contributed by atoms with Gasteiger partial charge in [0.25, 0.3) is 0 Å². The van der Waals surface area contributed by atoms with Crippen LogP contribution in [0.2, 0.25) is 0 Å². The van der Waals surface area contributed by atoms with Crippen LogP contribution < -0.4 is 16.4 Å². The first kappa shape index (κ1) is 15.4. The molecule has 114 valence electrons. The lowest BCUT2D eigenvalue weighted by molar-refractivity contribution is 0.795. The largest absolute Gasteiger partial charge is 0.268 e. The number of hydrogen-bond donors (Lipinski definition) is 3. The number of amidine groups is 1. The summed E-state index contributed by atoms with van der Waals surface area (Å²) in [5.41, 5.74) is 8.40. The molecule has 0 aliphatic carbocycles. The Morgan fingerprint density at radius 2 is 1.91 bits per heavy atom. The van der Waals surface area contributed by atoms with E-state index in [0.717, 1.165) is 12.8 Å². The van der Waals surface area contributed by atoms with Crippen LogP contribution in [0.3, 0.4) is 0 Å². The van der Waals surface area contributed by atoms with Gasteiger partial charge in [0.15, 0.2) is 5.82 Å². The highest BCUT2D eigenvalue weighted by atomic mass is 15.6. The van der Waals surface area contributed by atoms with Crippen molar-refractivity contribution in [2.45, 2.75) is 19.8 Å². The van der Waals surface area contributed by atoms with Crippen molar-refractivity contribution in [1.82, 2.24) is 20.9 Å². The van der Waals surface area contributed by atoms with Crippen LogP contribution in [0.5, 0.6) is 0 Å². The first-order valence-corrected chi connectivity index (χ1v) is 6.95. The van der Waals surface area contributed by atoms with Gasteiger partial charge in [0.1, 0.15) is 11.7 Å². The minimum Gasteiger partial charge on any atom is -0.268 e. The molecule has 0 atom stereocenters. The smallest absolute Gasteiger partial charge is 0.176 e. The fraction of sp³-hybridized carbons (Fsp3) is 0.214. The van der Waals surface area contributed by atoms with Crippen molar-refractivity contribution in [3.05, 3.63) is 48.8 Å². The molecule has 0 spiro atoms. The molecular weight excluding hydrogens is 280 g/mol. The van der Waals surface area contributed by atoms with Crippen LogP contribution in [-0.4, -0.2) is 15.8 Å². The number of rotatable bonds is 7. The third-order valence-corrected chi connectivity index (χ3v) is 2.51. The van der Waals surface area contributed by atoms with Gasteiger partial charge in [0.05, 0.1) is 0 Å². The molecule has 0 amide bonds. The van der Waals surface area contributed by atoms with E-state index in [2.05, 4.69) is 48.7 Å². The molecule has 0 aromatic carbocycles. The summed E-state index contributed by atoms with van der Waals surface area (Å²) in [6.07, 6.45) is 5.02. The number of aromatic nitrogens is 2. The monoisotopic (exact) mass is 298 g/mol. The second-order valence-corrected chi connectivity index (χ2v) is 4.26. The maximum absolute atomic E-state index is 4.17. The Morgan fingerprint density at radius 3 is 2.59 bits per heavy atom. The van der Waals surface area contributed by atoms with E-state index in [1.54, 1.807) is 18.5 Å². The molecule has 0 aliphatic heterocycles. The lowest BCUT2D eigenvalue weighted by atomic mass is 10.3. The number of hydrogen-bond acceptors (Lipinski definition) is 7. The molecule has 0 unspecified atom stereocenters. The molecule has 8 nitrogen and oxygen atoms in total. The number of hydrazine groups is 1. The second-order valence-electron chi connectivity index (χ2n) is 4.26. The lowest BCUT2D eigenvalue weighted by Gasteiger charge is -2.06. The average molecular weight is 298 g/mol. The van der Waals surface area contributed by atoms with Gasteiger partial charge < -0.3 is 0 Å². The van der Waals surface area contributed by atoms with Gasteiger partial charge in [-0.2, -0.15) is 0 Å². The Morgan fingerprint density at radius 1 is 1.09 bits per heavy atom. The van der Waals surface area contributed by atoms with Gasteiger partial charge in [-0.15, -0.1) is 10.2 Å². The number of anilines is 1. The van der Waals surface area contributed by atoms with Gasteiger partial charge >= 0.3 is 0 Å². The third-order valence-electron chi connectivity index (χ3n) is 2.51. The standard InChI is InChI=1S/C14H18N8/c1-2-7-14(19-21-17-12-8-3-5-10-15-12)20-22-18-13-9-4-6-11-16-13/h3-6,8-11,21H,2,7H2,1H3,(H,15,17)(H,16,18,19,20). The summed E-state index contributed by atoms with van der Waals surface area (Å²) in [6.45, 7) is 2.05. The Balaban J connectivity index is 1.86. The highest BCUT2D eigenvalue weighted by Crippen LogP contribution is 2.04. The SMILES string of the molecule is CCCC(=NNNc1ccccn1)NN=Nc1ccccn1. The van der Waals surface area contributed by atoms with Crippen LogP contribution in [0.15, 0.2) is 64.2 Å². The summed E-state index contributed by atoms with van der Waals surface area (Å²) < 4.78 is 0. The first-order chi connectivity index (χ1) is 10.9. The molecule has 2 aromatic rings. The predicted octanol–water partition coefficient (Wildman–Crippen LogP) is 2.80. The molecule has 0 fully saturated rings. The summed E-state index contributed by atoms with van der Waals surface area (Å²) in [5.74, 6) is 1.87. The van der Waals surface area contributed by atoms with Crippen molar-refractivity contribution in [2.75, 3.05) is 5.43 Å². The zero-order valence-electron chi connectivity index (χ0n) is 12.3. The van der Waals surface area contributed by atoms with Gasteiger partial charge in [0.2, 0.25) is 0 Å². The molecule has 0 saturated heterocycles. The molecule has 3 N–H and O–H groups in total. The maximum Gasteiger partial charge on any atom is 0.176 e. The van der Waals surface area contributed by atoms with Crippen molar-refractivity contribution >= 4 is 17.5 Å². The zero-order chi connectivity index (χ0) is 15.5. The van der Waals surface area contributed by atoms with Crippen molar-refractivity contribution in [2.24, 2.45) is 15.4 Å². The molecule has 0 bridgehead atoms. The number of nitrogens with one attached hydrogen (secondary N) is 3. The molecule has 22 heavy (non-hydrogen) atoms. The van der Waals surface area contributed by atoms with Crippen LogP contribution in [-0.2, 0) is 0 Å². The summed E-state index contributed by atoms with van der Waals surface area (Å²) in [5, 5.41) is 12.0. The molecular formula is C14H18N8. The summed E-state index contributed by atoms with van der Waals surface area (Å²) in [6, 6.07) is 11.0. The van der Waals surface area contributed by atoms with E-state index < -0.39 is 0 Å². The molecule has 0 aliphatic rings. The first-order valence-electron chi connectivity index (χ1n) is 6.95. The van der Waals surface area contributed by atoms with Crippen LogP contribution >= 0.6 is 0 Å². The predicted molar refractivity (Wildman–Crippen MR) is 85.2 cm³/mol. The van der Waals surface area contributed by atoms with Gasteiger partial charge in [-0.05, 0) is 30.7 Å². The van der Waals surface area contributed by atoms with E-state index in [1.807, 2.05) is 30.3 Å². The zero-order valence-corrected chi connectivity index (χ0v) is 12.3. The molecule has 2 aromatic heterocycles. The summed E-state index contributed by atoms with van der Waals surface area (Å²) in [7, 11) is 0. The van der Waals surface area contributed by atoms with Gasteiger partial charge in [-0.25, -0.2) is 20.9 Å². The Bertz CT molecular complexity index is 597. The molecule has 2 heterocycles. The van der Waals surface area contributed by atoms with E-state index in [-0.39, 0.29) is 0 Å². The lowest BCUT2D eigenvalue weighted by Crippen LogP contribution is -2.24. The maximum atomic E-state index is 4.17. The van der Waals surface area contributed by atoms with E-state index >= 15 is 0 Å². The fourth-order valence-corrected chi connectivity index (χ4v) is 1.51. The Hall–Kier alpha value is -3.03.